The van der Waals surface area contributed by atoms with Crippen LogP contribution in [0.5, 0.6) is 0 Å². The molecule has 0 aliphatic rings. The number of nitrogens with zero attached hydrogens (tertiary/aromatic N) is 1. The summed E-state index contributed by atoms with van der Waals surface area (Å²) < 4.78 is 5.56. The zero-order valence-corrected chi connectivity index (χ0v) is 16.2. The zero-order chi connectivity index (χ0) is 20.3. The summed E-state index contributed by atoms with van der Waals surface area (Å²) in [6.45, 7) is 7.39. The predicted octanol–water partition coefficient (Wildman–Crippen LogP) is 5.34. The van der Waals surface area contributed by atoms with Crippen LogP contribution in [0.15, 0.2) is 46.8 Å². The lowest BCUT2D eigenvalue weighted by molar-refractivity contribution is 0.0699. The van der Waals surface area contributed by atoms with Crippen LogP contribution in [0.2, 0.25) is 0 Å². The number of nitrogens with one attached hydrogen (secondary N) is 1. The molecule has 0 radical (unpaired) electrons. The number of pyridine rings is 1. The van der Waals surface area contributed by atoms with Crippen molar-refractivity contribution in [2.75, 3.05) is 5.32 Å². The Morgan fingerprint density at radius 1 is 1.36 bits per heavy atom. The normalized spacial score (nSPS) is 10.9. The van der Waals surface area contributed by atoms with Crippen LogP contribution in [0.1, 0.15) is 44.9 Å². The fourth-order valence-corrected chi connectivity index (χ4v) is 3.60. The van der Waals surface area contributed by atoms with Gasteiger partial charge in [0.15, 0.2) is 5.76 Å². The van der Waals surface area contributed by atoms with E-state index in [0.29, 0.717) is 22.5 Å². The zero-order valence-electron chi connectivity index (χ0n) is 15.4. The topological polar surface area (TPSA) is 92.4 Å². The minimum absolute atomic E-state index is 0.0215. The number of carboxylic acid groups (broad SMARTS) is 1. The molecule has 3 aromatic rings. The van der Waals surface area contributed by atoms with Crippen LogP contribution in [0.3, 0.4) is 0 Å². The fraction of sp³-hybridized carbons (Fsp3) is 0.0952. The van der Waals surface area contributed by atoms with Gasteiger partial charge in [-0.25, -0.2) is 4.79 Å². The van der Waals surface area contributed by atoms with Gasteiger partial charge in [0.1, 0.15) is 16.3 Å². The number of aryl methyl sites for hydroxylation is 1. The van der Waals surface area contributed by atoms with Crippen molar-refractivity contribution < 1.29 is 19.1 Å². The molecular weight excluding hydrogens is 376 g/mol. The van der Waals surface area contributed by atoms with Gasteiger partial charge < -0.3 is 14.8 Å². The molecule has 3 heterocycles. The SMILES string of the molecule is C=Cc1cc(C(=O)Nc2scc(-c3ccc(C)nc3)c2C(=O)O)oc1/C=C\C. The van der Waals surface area contributed by atoms with Crippen molar-refractivity contribution >= 4 is 40.4 Å². The molecule has 0 spiro atoms. The second kappa shape index (κ2) is 8.06. The molecule has 6 nitrogen and oxygen atoms in total. The maximum Gasteiger partial charge on any atom is 0.339 e. The van der Waals surface area contributed by atoms with Crippen molar-refractivity contribution in [2.24, 2.45) is 0 Å². The summed E-state index contributed by atoms with van der Waals surface area (Å²) in [5.74, 6) is -1.07. The second-order valence-corrected chi connectivity index (χ2v) is 6.82. The standard InChI is InChI=1S/C21H18N2O4S/c1-4-6-16-13(5-2)9-17(27-16)19(24)23-20-18(21(25)26)15(11-28-20)14-8-7-12(3)22-10-14/h4-11H,2H2,1,3H3,(H,23,24)(H,25,26)/b6-4-. The molecule has 0 saturated carbocycles. The van der Waals surface area contributed by atoms with Crippen LogP contribution in [-0.4, -0.2) is 22.0 Å². The third-order valence-electron chi connectivity index (χ3n) is 4.01. The number of furan rings is 1. The summed E-state index contributed by atoms with van der Waals surface area (Å²) in [6.07, 6.45) is 6.72. The molecule has 0 aliphatic heterocycles. The molecule has 3 rings (SSSR count). The van der Waals surface area contributed by atoms with Crippen molar-refractivity contribution in [3.63, 3.8) is 0 Å². The van der Waals surface area contributed by atoms with Crippen LogP contribution in [0.25, 0.3) is 23.3 Å². The maximum absolute atomic E-state index is 12.6. The maximum atomic E-state index is 12.6. The third-order valence-corrected chi connectivity index (χ3v) is 4.90. The minimum Gasteiger partial charge on any atom is -0.478 e. The predicted molar refractivity (Wildman–Crippen MR) is 111 cm³/mol. The van der Waals surface area contributed by atoms with Crippen LogP contribution < -0.4 is 5.32 Å². The molecular formula is C21H18N2O4S. The quantitative estimate of drug-likeness (QED) is 0.589. The van der Waals surface area contributed by atoms with Crippen LogP contribution in [0.4, 0.5) is 5.00 Å². The Balaban J connectivity index is 1.94. The molecule has 0 aliphatic carbocycles. The summed E-state index contributed by atoms with van der Waals surface area (Å²) >= 11 is 1.14. The van der Waals surface area contributed by atoms with Crippen LogP contribution >= 0.6 is 11.3 Å². The Bertz CT molecular complexity index is 1070. The van der Waals surface area contributed by atoms with Crippen LogP contribution in [0, 0.1) is 6.92 Å². The molecule has 0 saturated heterocycles. The fourth-order valence-electron chi connectivity index (χ4n) is 2.64. The second-order valence-electron chi connectivity index (χ2n) is 5.94. The molecule has 2 N–H and O–H groups in total. The summed E-state index contributed by atoms with van der Waals surface area (Å²) in [4.78, 5) is 28.7. The highest BCUT2D eigenvalue weighted by Gasteiger charge is 2.23. The van der Waals surface area contributed by atoms with Gasteiger partial charge in [-0.1, -0.05) is 24.8 Å². The molecule has 1 amide bonds. The molecule has 7 heteroatoms. The lowest BCUT2D eigenvalue weighted by atomic mass is 10.1. The average molecular weight is 394 g/mol. The highest BCUT2D eigenvalue weighted by atomic mass is 32.1. The van der Waals surface area contributed by atoms with E-state index in [1.807, 2.05) is 13.8 Å². The number of allylic oxidation sites excluding steroid dienone is 1. The number of aromatic carboxylic acids is 1. The third kappa shape index (κ3) is 3.79. The number of thiophene rings is 1. The van der Waals surface area contributed by atoms with E-state index >= 15 is 0 Å². The molecule has 0 bridgehead atoms. The van der Waals surface area contributed by atoms with Gasteiger partial charge in [-0.05, 0) is 32.1 Å². The molecule has 0 fully saturated rings. The Morgan fingerprint density at radius 3 is 2.75 bits per heavy atom. The number of hydrogen-bond donors (Lipinski definition) is 2. The van der Waals surface area contributed by atoms with Gasteiger partial charge in [0, 0.05) is 34.0 Å². The van der Waals surface area contributed by atoms with Crippen LogP contribution in [-0.2, 0) is 0 Å². The molecule has 142 valence electrons. The largest absolute Gasteiger partial charge is 0.478 e. The summed E-state index contributed by atoms with van der Waals surface area (Å²) in [6, 6.07) is 5.17. The van der Waals surface area contributed by atoms with E-state index < -0.39 is 11.9 Å². The molecule has 3 aromatic heterocycles. The van der Waals surface area contributed by atoms with E-state index in [-0.39, 0.29) is 16.3 Å². The van der Waals surface area contributed by atoms with Gasteiger partial charge in [0.05, 0.1) is 0 Å². The first-order chi connectivity index (χ1) is 13.4. The van der Waals surface area contributed by atoms with Gasteiger partial charge in [-0.15, -0.1) is 11.3 Å². The van der Waals surface area contributed by atoms with E-state index in [2.05, 4.69) is 16.9 Å². The lowest BCUT2D eigenvalue weighted by Gasteiger charge is -2.05. The van der Waals surface area contributed by atoms with Crippen molar-refractivity contribution in [1.82, 2.24) is 4.98 Å². The first-order valence-corrected chi connectivity index (χ1v) is 9.30. The highest BCUT2D eigenvalue weighted by molar-refractivity contribution is 7.15. The van der Waals surface area contributed by atoms with Gasteiger partial charge in [0.25, 0.3) is 5.91 Å². The average Bonchev–Trinajstić information content (AvgIpc) is 3.27. The Morgan fingerprint density at radius 2 is 2.14 bits per heavy atom. The van der Waals surface area contributed by atoms with Gasteiger partial charge >= 0.3 is 5.97 Å². The summed E-state index contributed by atoms with van der Waals surface area (Å²) in [7, 11) is 0. The number of carbonyl (C=O) groups is 2. The lowest BCUT2D eigenvalue weighted by Crippen LogP contribution is -2.12. The van der Waals surface area contributed by atoms with Crippen molar-refractivity contribution in [3.8, 4) is 11.1 Å². The van der Waals surface area contributed by atoms with E-state index in [1.54, 1.807) is 48.0 Å². The van der Waals surface area contributed by atoms with E-state index in [1.165, 1.54) is 0 Å². The number of carbonyl (C=O) groups excluding carboxylic acids is 1. The highest BCUT2D eigenvalue weighted by Crippen LogP contribution is 2.36. The smallest absolute Gasteiger partial charge is 0.339 e. The number of hydrogen-bond acceptors (Lipinski definition) is 5. The Hall–Kier alpha value is -3.45. The summed E-state index contributed by atoms with van der Waals surface area (Å²) in [5, 5.41) is 14.2. The monoisotopic (exact) mass is 394 g/mol. The summed E-state index contributed by atoms with van der Waals surface area (Å²) in [5.41, 5.74) is 2.70. The Labute approximate surface area is 165 Å². The van der Waals surface area contributed by atoms with E-state index in [0.717, 1.165) is 17.0 Å². The van der Waals surface area contributed by atoms with Crippen molar-refractivity contribution in [1.29, 1.82) is 0 Å². The van der Waals surface area contributed by atoms with Gasteiger partial charge in [0.2, 0.25) is 0 Å². The van der Waals surface area contributed by atoms with Crippen molar-refractivity contribution in [2.45, 2.75) is 13.8 Å². The molecule has 28 heavy (non-hydrogen) atoms. The number of carboxylic acids is 1. The number of aromatic nitrogens is 1. The minimum atomic E-state index is -1.13. The van der Waals surface area contributed by atoms with Crippen molar-refractivity contribution in [3.05, 3.63) is 70.8 Å². The Kier molecular flexibility index (Phi) is 5.56. The molecule has 0 aromatic carbocycles. The van der Waals surface area contributed by atoms with E-state index in [4.69, 9.17) is 4.42 Å². The first-order valence-electron chi connectivity index (χ1n) is 8.42. The number of rotatable bonds is 6. The van der Waals surface area contributed by atoms with E-state index in [9.17, 15) is 14.7 Å². The molecule has 0 atom stereocenters. The molecule has 0 unspecified atom stereocenters. The first kappa shape index (κ1) is 19.3. The number of amides is 1. The number of anilines is 1. The van der Waals surface area contributed by atoms with Gasteiger partial charge in [-0.2, -0.15) is 0 Å². The van der Waals surface area contributed by atoms with Gasteiger partial charge in [-0.3, -0.25) is 9.78 Å².